The summed E-state index contributed by atoms with van der Waals surface area (Å²) in [6, 6.07) is 3.61. The van der Waals surface area contributed by atoms with Gasteiger partial charge in [0.15, 0.2) is 5.16 Å². The van der Waals surface area contributed by atoms with Crippen molar-refractivity contribution >= 4 is 23.4 Å². The minimum absolute atomic E-state index is 0.394. The molecule has 0 spiro atoms. The van der Waals surface area contributed by atoms with Gasteiger partial charge < -0.3 is 11.5 Å². The van der Waals surface area contributed by atoms with Crippen molar-refractivity contribution in [3.63, 3.8) is 0 Å². The van der Waals surface area contributed by atoms with Crippen molar-refractivity contribution in [2.75, 3.05) is 11.5 Å². The summed E-state index contributed by atoms with van der Waals surface area (Å²) in [6.07, 6.45) is 0. The van der Waals surface area contributed by atoms with Gasteiger partial charge in [0, 0.05) is 24.1 Å². The number of thioether (sulfide) groups is 1. The second kappa shape index (κ2) is 5.26. The topological polar surface area (TPSA) is 95.6 Å². The van der Waals surface area contributed by atoms with Gasteiger partial charge in [0.25, 0.3) is 0 Å². The number of nitrogens with zero attached hydrogens (tertiary/aromatic N) is 4. The van der Waals surface area contributed by atoms with E-state index in [4.69, 9.17) is 11.5 Å². The van der Waals surface area contributed by atoms with Crippen LogP contribution in [0.1, 0.15) is 18.3 Å². The molecular formula is C11H16N6S. The van der Waals surface area contributed by atoms with Crippen molar-refractivity contribution in [2.24, 2.45) is 0 Å². The van der Waals surface area contributed by atoms with Crippen LogP contribution < -0.4 is 11.5 Å². The summed E-state index contributed by atoms with van der Waals surface area (Å²) in [7, 11) is 0. The average molecular weight is 264 g/mol. The van der Waals surface area contributed by atoms with Crippen molar-refractivity contribution in [1.29, 1.82) is 0 Å². The van der Waals surface area contributed by atoms with E-state index in [1.165, 1.54) is 11.8 Å². The fourth-order valence-electron chi connectivity index (χ4n) is 1.65. The van der Waals surface area contributed by atoms with Gasteiger partial charge in [-0.3, -0.25) is 4.68 Å². The largest absolute Gasteiger partial charge is 0.383 e. The first-order valence-electron chi connectivity index (χ1n) is 5.64. The van der Waals surface area contributed by atoms with E-state index in [2.05, 4.69) is 28.1 Å². The fraction of sp³-hybridized carbons (Fsp3) is 0.364. The molecule has 4 N–H and O–H groups in total. The van der Waals surface area contributed by atoms with Crippen molar-refractivity contribution in [2.45, 2.75) is 31.3 Å². The van der Waals surface area contributed by atoms with E-state index in [9.17, 15) is 0 Å². The number of aryl methyl sites for hydroxylation is 2. The number of aromatic nitrogens is 4. The quantitative estimate of drug-likeness (QED) is 0.641. The third kappa shape index (κ3) is 2.92. The van der Waals surface area contributed by atoms with Gasteiger partial charge in [0.1, 0.15) is 11.6 Å². The smallest absolute Gasteiger partial charge is 0.191 e. The molecule has 2 rings (SSSR count). The Bertz CT molecular complexity index is 530. The Kier molecular flexibility index (Phi) is 3.71. The maximum absolute atomic E-state index is 5.63. The van der Waals surface area contributed by atoms with Crippen LogP contribution in [-0.4, -0.2) is 19.7 Å². The summed E-state index contributed by atoms with van der Waals surface area (Å²) >= 11 is 1.50. The van der Waals surface area contributed by atoms with Crippen LogP contribution in [-0.2, 0) is 12.3 Å². The minimum Gasteiger partial charge on any atom is -0.383 e. The molecule has 0 saturated heterocycles. The van der Waals surface area contributed by atoms with Crippen LogP contribution in [0, 0.1) is 6.92 Å². The lowest BCUT2D eigenvalue weighted by molar-refractivity contribution is 0.631. The molecular weight excluding hydrogens is 248 g/mol. The summed E-state index contributed by atoms with van der Waals surface area (Å²) < 4.78 is 1.97. The van der Waals surface area contributed by atoms with E-state index in [0.29, 0.717) is 16.8 Å². The second-order valence-electron chi connectivity index (χ2n) is 3.88. The molecule has 6 nitrogen and oxygen atoms in total. The van der Waals surface area contributed by atoms with Crippen LogP contribution in [0.2, 0.25) is 0 Å². The molecule has 0 atom stereocenters. The first-order chi connectivity index (χ1) is 8.58. The molecule has 2 aromatic heterocycles. The van der Waals surface area contributed by atoms with Crippen LogP contribution in [0.15, 0.2) is 17.3 Å². The van der Waals surface area contributed by atoms with Gasteiger partial charge in [-0.2, -0.15) is 5.10 Å². The van der Waals surface area contributed by atoms with Gasteiger partial charge in [-0.1, -0.05) is 11.8 Å². The number of hydrogen-bond donors (Lipinski definition) is 2. The zero-order valence-corrected chi connectivity index (χ0v) is 11.2. The highest BCUT2D eigenvalue weighted by atomic mass is 32.2. The Hall–Kier alpha value is -1.76. The highest BCUT2D eigenvalue weighted by Gasteiger charge is 2.07. The van der Waals surface area contributed by atoms with E-state index in [1.807, 2.05) is 11.6 Å². The average Bonchev–Trinajstić information content (AvgIpc) is 2.66. The first-order valence-corrected chi connectivity index (χ1v) is 6.63. The van der Waals surface area contributed by atoms with E-state index < -0.39 is 0 Å². The van der Waals surface area contributed by atoms with Crippen molar-refractivity contribution in [3.05, 3.63) is 23.5 Å². The molecule has 0 aliphatic carbocycles. The van der Waals surface area contributed by atoms with Crippen molar-refractivity contribution in [1.82, 2.24) is 19.7 Å². The number of nitrogens with two attached hydrogens (primary N) is 2. The van der Waals surface area contributed by atoms with Gasteiger partial charge in [-0.25, -0.2) is 9.97 Å². The van der Waals surface area contributed by atoms with Crippen LogP contribution in [0.25, 0.3) is 0 Å². The standard InChI is InChI=1S/C11H16N6S/c1-3-17-8(4-7(2)16-17)6-18-11-14-9(12)5-10(13)15-11/h4-5H,3,6H2,1-2H3,(H4,12,13,14,15). The predicted molar refractivity (Wildman–Crippen MR) is 73.1 cm³/mol. The van der Waals surface area contributed by atoms with Crippen LogP contribution >= 0.6 is 11.8 Å². The Morgan fingerprint density at radius 1 is 1.22 bits per heavy atom. The van der Waals surface area contributed by atoms with Gasteiger partial charge in [0.05, 0.1) is 5.69 Å². The summed E-state index contributed by atoms with van der Waals surface area (Å²) in [4.78, 5) is 8.26. The van der Waals surface area contributed by atoms with Crippen LogP contribution in [0.5, 0.6) is 0 Å². The monoisotopic (exact) mass is 264 g/mol. The van der Waals surface area contributed by atoms with E-state index >= 15 is 0 Å². The lowest BCUT2D eigenvalue weighted by Gasteiger charge is -2.04. The van der Waals surface area contributed by atoms with Gasteiger partial charge >= 0.3 is 0 Å². The highest BCUT2D eigenvalue weighted by molar-refractivity contribution is 7.98. The molecule has 0 amide bonds. The second-order valence-corrected chi connectivity index (χ2v) is 4.82. The maximum Gasteiger partial charge on any atom is 0.191 e. The van der Waals surface area contributed by atoms with Crippen LogP contribution in [0.3, 0.4) is 0 Å². The number of rotatable bonds is 4. The molecule has 2 aromatic rings. The van der Waals surface area contributed by atoms with E-state index in [-0.39, 0.29) is 0 Å². The first kappa shape index (κ1) is 12.7. The molecule has 0 saturated carbocycles. The Balaban J connectivity index is 2.11. The molecule has 0 aromatic carbocycles. The Labute approximate surface area is 110 Å². The SMILES string of the molecule is CCn1nc(C)cc1CSc1nc(N)cc(N)n1. The summed E-state index contributed by atoms with van der Waals surface area (Å²) in [5, 5.41) is 4.98. The lowest BCUT2D eigenvalue weighted by atomic mass is 10.4. The van der Waals surface area contributed by atoms with E-state index in [1.54, 1.807) is 6.07 Å². The fourth-order valence-corrected chi connectivity index (χ4v) is 2.50. The molecule has 0 radical (unpaired) electrons. The molecule has 96 valence electrons. The minimum atomic E-state index is 0.394. The van der Waals surface area contributed by atoms with Crippen molar-refractivity contribution < 1.29 is 0 Å². The molecule has 0 aliphatic heterocycles. The molecule has 0 unspecified atom stereocenters. The summed E-state index contributed by atoms with van der Waals surface area (Å²) in [6.45, 7) is 4.90. The van der Waals surface area contributed by atoms with Gasteiger partial charge in [-0.05, 0) is 19.9 Å². The maximum atomic E-state index is 5.63. The van der Waals surface area contributed by atoms with Gasteiger partial charge in [0.2, 0.25) is 0 Å². The molecule has 2 heterocycles. The Morgan fingerprint density at radius 3 is 2.50 bits per heavy atom. The third-order valence-corrected chi connectivity index (χ3v) is 3.26. The van der Waals surface area contributed by atoms with E-state index in [0.717, 1.165) is 23.7 Å². The lowest BCUT2D eigenvalue weighted by Crippen LogP contribution is -2.02. The molecule has 7 heteroatoms. The molecule has 18 heavy (non-hydrogen) atoms. The highest BCUT2D eigenvalue weighted by Crippen LogP contribution is 2.21. The molecule has 0 fully saturated rings. The van der Waals surface area contributed by atoms with Crippen molar-refractivity contribution in [3.8, 4) is 0 Å². The number of nitrogen functional groups attached to an aromatic ring is 2. The zero-order valence-electron chi connectivity index (χ0n) is 10.4. The third-order valence-electron chi connectivity index (χ3n) is 2.38. The number of anilines is 2. The van der Waals surface area contributed by atoms with Crippen LogP contribution in [0.4, 0.5) is 11.6 Å². The summed E-state index contributed by atoms with van der Waals surface area (Å²) in [5.41, 5.74) is 13.4. The normalized spacial score (nSPS) is 10.8. The predicted octanol–water partition coefficient (Wildman–Crippen LogP) is 1.46. The summed E-state index contributed by atoms with van der Waals surface area (Å²) in [5.74, 6) is 1.53. The van der Waals surface area contributed by atoms with Gasteiger partial charge in [-0.15, -0.1) is 0 Å². The zero-order chi connectivity index (χ0) is 13.1. The molecule has 0 aliphatic rings. The molecule has 0 bridgehead atoms. The number of hydrogen-bond acceptors (Lipinski definition) is 6. The Morgan fingerprint density at radius 2 is 1.89 bits per heavy atom.